The summed E-state index contributed by atoms with van der Waals surface area (Å²) in [5.41, 5.74) is 7.67. The van der Waals surface area contributed by atoms with E-state index in [4.69, 9.17) is 10.9 Å². The number of hydroxylamine groups is 1. The molecule has 17 heavy (non-hydrogen) atoms. The Kier molecular flexibility index (Phi) is 5.12. The molecule has 0 aromatic heterocycles. The van der Waals surface area contributed by atoms with Gasteiger partial charge >= 0.3 is 0 Å². The standard InChI is InChI=1S/C11H15N3O3/c12-9(11(16)14-17)10(15)13-7-6-8-4-2-1-3-5-8/h1-5,9,17H,6-7,12H2,(H,13,15)(H,14,16). The van der Waals surface area contributed by atoms with Gasteiger partial charge in [-0.25, -0.2) is 5.48 Å². The smallest absolute Gasteiger partial charge is 0.269 e. The average Bonchev–Trinajstić information content (AvgIpc) is 2.38. The Morgan fingerprint density at radius 3 is 2.47 bits per heavy atom. The lowest BCUT2D eigenvalue weighted by Crippen LogP contribution is -2.50. The molecule has 6 heteroatoms. The molecule has 6 nitrogen and oxygen atoms in total. The predicted molar refractivity (Wildman–Crippen MR) is 61.1 cm³/mol. The van der Waals surface area contributed by atoms with Gasteiger partial charge in [0.25, 0.3) is 5.91 Å². The summed E-state index contributed by atoms with van der Waals surface area (Å²) < 4.78 is 0. The highest BCUT2D eigenvalue weighted by atomic mass is 16.5. The van der Waals surface area contributed by atoms with Gasteiger partial charge in [-0.1, -0.05) is 30.3 Å². The van der Waals surface area contributed by atoms with E-state index in [0.717, 1.165) is 5.56 Å². The topological polar surface area (TPSA) is 104 Å². The molecule has 0 bridgehead atoms. The summed E-state index contributed by atoms with van der Waals surface area (Å²) in [6.45, 7) is 0.384. The normalized spacial score (nSPS) is 11.6. The molecule has 0 heterocycles. The Morgan fingerprint density at radius 1 is 1.24 bits per heavy atom. The molecule has 0 saturated heterocycles. The molecule has 0 aliphatic heterocycles. The molecule has 1 rings (SSSR count). The summed E-state index contributed by atoms with van der Waals surface area (Å²) >= 11 is 0. The number of rotatable bonds is 5. The minimum atomic E-state index is -1.39. The first-order valence-corrected chi connectivity index (χ1v) is 5.16. The highest BCUT2D eigenvalue weighted by molar-refractivity contribution is 6.03. The van der Waals surface area contributed by atoms with Crippen LogP contribution in [-0.2, 0) is 16.0 Å². The van der Waals surface area contributed by atoms with E-state index in [0.29, 0.717) is 13.0 Å². The molecule has 0 radical (unpaired) electrons. The summed E-state index contributed by atoms with van der Waals surface area (Å²) in [6, 6.07) is 8.20. The Morgan fingerprint density at radius 2 is 1.88 bits per heavy atom. The lowest BCUT2D eigenvalue weighted by Gasteiger charge is -2.10. The molecule has 0 aliphatic carbocycles. The third kappa shape index (κ3) is 4.21. The number of carbonyl (C=O) groups is 2. The zero-order chi connectivity index (χ0) is 12.7. The summed E-state index contributed by atoms with van der Waals surface area (Å²) in [6.07, 6.45) is 0.653. The molecule has 0 fully saturated rings. The van der Waals surface area contributed by atoms with E-state index in [9.17, 15) is 9.59 Å². The summed E-state index contributed by atoms with van der Waals surface area (Å²) in [5.74, 6) is -1.55. The maximum atomic E-state index is 11.3. The van der Waals surface area contributed by atoms with Gasteiger partial charge in [-0.15, -0.1) is 0 Å². The van der Waals surface area contributed by atoms with Crippen molar-refractivity contribution in [3.05, 3.63) is 35.9 Å². The van der Waals surface area contributed by atoms with Crippen LogP contribution >= 0.6 is 0 Å². The molecule has 2 amide bonds. The predicted octanol–water partition coefficient (Wildman–Crippen LogP) is -0.822. The van der Waals surface area contributed by atoms with Crippen LogP contribution in [0.3, 0.4) is 0 Å². The number of amides is 2. The lowest BCUT2D eigenvalue weighted by atomic mass is 10.1. The van der Waals surface area contributed by atoms with Crippen molar-refractivity contribution in [1.82, 2.24) is 10.8 Å². The van der Waals surface area contributed by atoms with Crippen molar-refractivity contribution in [3.8, 4) is 0 Å². The van der Waals surface area contributed by atoms with Crippen molar-refractivity contribution in [2.45, 2.75) is 12.5 Å². The van der Waals surface area contributed by atoms with Crippen molar-refractivity contribution in [2.24, 2.45) is 5.73 Å². The van der Waals surface area contributed by atoms with Crippen LogP contribution in [0.1, 0.15) is 5.56 Å². The summed E-state index contributed by atoms with van der Waals surface area (Å²) in [4.78, 5) is 22.2. The third-order valence-electron chi connectivity index (χ3n) is 2.23. The van der Waals surface area contributed by atoms with Crippen LogP contribution in [0.4, 0.5) is 0 Å². The van der Waals surface area contributed by atoms with Gasteiger partial charge < -0.3 is 11.1 Å². The fourth-order valence-corrected chi connectivity index (χ4v) is 1.27. The monoisotopic (exact) mass is 237 g/mol. The van der Waals surface area contributed by atoms with Crippen molar-refractivity contribution in [2.75, 3.05) is 6.54 Å². The molecule has 1 unspecified atom stereocenters. The van der Waals surface area contributed by atoms with Crippen LogP contribution in [-0.4, -0.2) is 29.6 Å². The van der Waals surface area contributed by atoms with Crippen molar-refractivity contribution in [1.29, 1.82) is 0 Å². The minimum absolute atomic E-state index is 0.384. The molecule has 5 N–H and O–H groups in total. The van der Waals surface area contributed by atoms with E-state index < -0.39 is 17.9 Å². The fraction of sp³-hybridized carbons (Fsp3) is 0.273. The van der Waals surface area contributed by atoms with Crippen molar-refractivity contribution >= 4 is 11.8 Å². The van der Waals surface area contributed by atoms with Crippen LogP contribution in [0.15, 0.2) is 30.3 Å². The van der Waals surface area contributed by atoms with Crippen LogP contribution in [0.25, 0.3) is 0 Å². The first-order chi connectivity index (χ1) is 8.15. The van der Waals surface area contributed by atoms with Crippen molar-refractivity contribution in [3.63, 3.8) is 0 Å². The van der Waals surface area contributed by atoms with E-state index in [1.165, 1.54) is 5.48 Å². The second-order valence-corrected chi connectivity index (χ2v) is 3.48. The van der Waals surface area contributed by atoms with Gasteiger partial charge in [0.2, 0.25) is 5.91 Å². The van der Waals surface area contributed by atoms with Gasteiger partial charge in [-0.2, -0.15) is 0 Å². The maximum absolute atomic E-state index is 11.3. The average molecular weight is 237 g/mol. The number of nitrogens with two attached hydrogens (primary N) is 1. The summed E-state index contributed by atoms with van der Waals surface area (Å²) in [5, 5.41) is 10.8. The number of benzene rings is 1. The zero-order valence-electron chi connectivity index (χ0n) is 9.22. The molecular weight excluding hydrogens is 222 g/mol. The van der Waals surface area contributed by atoms with E-state index >= 15 is 0 Å². The van der Waals surface area contributed by atoms with Gasteiger partial charge in [-0.05, 0) is 12.0 Å². The highest BCUT2D eigenvalue weighted by Crippen LogP contribution is 1.98. The van der Waals surface area contributed by atoms with E-state index in [1.807, 2.05) is 30.3 Å². The Labute approximate surface area is 98.8 Å². The van der Waals surface area contributed by atoms with Crippen LogP contribution in [0.2, 0.25) is 0 Å². The van der Waals surface area contributed by atoms with Crippen LogP contribution in [0, 0.1) is 0 Å². The Balaban J connectivity index is 2.32. The molecule has 1 aromatic carbocycles. The van der Waals surface area contributed by atoms with Gasteiger partial charge in [0.05, 0.1) is 0 Å². The largest absolute Gasteiger partial charge is 0.354 e. The molecule has 1 atom stereocenters. The lowest BCUT2D eigenvalue weighted by molar-refractivity contribution is -0.136. The van der Waals surface area contributed by atoms with E-state index in [-0.39, 0.29) is 0 Å². The second-order valence-electron chi connectivity index (χ2n) is 3.48. The molecule has 92 valence electrons. The first-order valence-electron chi connectivity index (χ1n) is 5.16. The zero-order valence-corrected chi connectivity index (χ0v) is 9.22. The number of hydrogen-bond acceptors (Lipinski definition) is 4. The second kappa shape index (κ2) is 6.62. The van der Waals surface area contributed by atoms with E-state index in [1.54, 1.807) is 0 Å². The van der Waals surface area contributed by atoms with Crippen LogP contribution in [0.5, 0.6) is 0 Å². The van der Waals surface area contributed by atoms with Crippen LogP contribution < -0.4 is 16.5 Å². The fourth-order valence-electron chi connectivity index (χ4n) is 1.27. The molecule has 0 saturated carbocycles. The number of nitrogens with one attached hydrogen (secondary N) is 2. The maximum Gasteiger partial charge on any atom is 0.269 e. The molecule has 0 spiro atoms. The van der Waals surface area contributed by atoms with E-state index in [2.05, 4.69) is 5.32 Å². The van der Waals surface area contributed by atoms with Gasteiger partial charge in [0.1, 0.15) is 0 Å². The SMILES string of the molecule is NC(C(=O)NO)C(=O)NCCc1ccccc1. The third-order valence-corrected chi connectivity index (χ3v) is 2.23. The number of hydrogen-bond donors (Lipinski definition) is 4. The highest BCUT2D eigenvalue weighted by Gasteiger charge is 2.20. The van der Waals surface area contributed by atoms with Crippen molar-refractivity contribution < 1.29 is 14.8 Å². The number of carbonyl (C=O) groups excluding carboxylic acids is 2. The Hall–Kier alpha value is -1.92. The van der Waals surface area contributed by atoms with Gasteiger partial charge in [-0.3, -0.25) is 14.8 Å². The first kappa shape index (κ1) is 13.1. The summed E-state index contributed by atoms with van der Waals surface area (Å²) in [7, 11) is 0. The van der Waals surface area contributed by atoms with Gasteiger partial charge in [0, 0.05) is 6.54 Å². The minimum Gasteiger partial charge on any atom is -0.354 e. The van der Waals surface area contributed by atoms with Gasteiger partial charge in [0.15, 0.2) is 6.04 Å². The molecular formula is C11H15N3O3. The molecule has 0 aliphatic rings. The molecule has 1 aromatic rings. The Bertz CT molecular complexity index is 381. The quantitative estimate of drug-likeness (QED) is 0.305.